The summed E-state index contributed by atoms with van der Waals surface area (Å²) in [4.78, 5) is 8.15. The maximum Gasteiger partial charge on any atom is 0.132 e. The zero-order chi connectivity index (χ0) is 13.2. The Bertz CT molecular complexity index is 721. The summed E-state index contributed by atoms with van der Waals surface area (Å²) in [6.45, 7) is 0. The number of nitrogens with zero attached hydrogens (tertiary/aromatic N) is 3. The van der Waals surface area contributed by atoms with Crippen LogP contribution in [0.4, 0.5) is 10.2 Å². The second-order valence-electron chi connectivity index (χ2n) is 4.06. The van der Waals surface area contributed by atoms with Crippen LogP contribution in [-0.4, -0.2) is 14.5 Å². The van der Waals surface area contributed by atoms with Crippen molar-refractivity contribution in [2.45, 2.75) is 0 Å². The van der Waals surface area contributed by atoms with Crippen LogP contribution < -0.4 is 5.73 Å². The number of anilines is 1. The molecule has 1 aromatic carbocycles. The molecule has 0 fully saturated rings. The van der Waals surface area contributed by atoms with Crippen LogP contribution in [0.3, 0.4) is 0 Å². The second-order valence-corrected chi connectivity index (χ2v) is 4.06. The summed E-state index contributed by atoms with van der Waals surface area (Å²) in [6, 6.07) is 9.96. The molecule has 4 nitrogen and oxygen atoms in total. The molecule has 2 aromatic heterocycles. The average molecular weight is 254 g/mol. The van der Waals surface area contributed by atoms with E-state index in [0.29, 0.717) is 11.5 Å². The molecule has 2 heterocycles. The number of imidazole rings is 1. The van der Waals surface area contributed by atoms with Crippen LogP contribution in [0.15, 0.2) is 55.1 Å². The molecule has 0 aliphatic rings. The van der Waals surface area contributed by atoms with E-state index >= 15 is 0 Å². The Morgan fingerprint density at radius 1 is 1.16 bits per heavy atom. The van der Waals surface area contributed by atoms with E-state index in [1.807, 2.05) is 6.07 Å². The average Bonchev–Trinajstić information content (AvgIpc) is 2.88. The Hall–Kier alpha value is -2.69. The molecule has 0 bridgehead atoms. The van der Waals surface area contributed by atoms with Crippen molar-refractivity contribution >= 4 is 5.82 Å². The van der Waals surface area contributed by atoms with E-state index in [4.69, 9.17) is 5.73 Å². The normalized spacial score (nSPS) is 10.6. The van der Waals surface area contributed by atoms with Gasteiger partial charge in [-0.3, -0.25) is 4.57 Å². The van der Waals surface area contributed by atoms with Gasteiger partial charge < -0.3 is 5.73 Å². The highest BCUT2D eigenvalue weighted by molar-refractivity contribution is 5.71. The van der Waals surface area contributed by atoms with Crippen molar-refractivity contribution < 1.29 is 4.39 Å². The summed E-state index contributed by atoms with van der Waals surface area (Å²) in [7, 11) is 0. The zero-order valence-corrected chi connectivity index (χ0v) is 9.99. The van der Waals surface area contributed by atoms with Crippen LogP contribution in [0.1, 0.15) is 0 Å². The van der Waals surface area contributed by atoms with Gasteiger partial charge in [0, 0.05) is 11.8 Å². The maximum absolute atomic E-state index is 13.3. The first-order valence-corrected chi connectivity index (χ1v) is 5.75. The molecule has 19 heavy (non-hydrogen) atoms. The van der Waals surface area contributed by atoms with E-state index in [0.717, 1.165) is 11.3 Å². The maximum atomic E-state index is 13.3. The minimum Gasteiger partial charge on any atom is -0.383 e. The summed E-state index contributed by atoms with van der Waals surface area (Å²) in [5.74, 6) is 0.122. The van der Waals surface area contributed by atoms with Gasteiger partial charge in [-0.15, -0.1) is 0 Å². The Balaban J connectivity index is 2.16. The Morgan fingerprint density at radius 3 is 2.84 bits per heavy atom. The highest BCUT2D eigenvalue weighted by Gasteiger charge is 2.10. The fourth-order valence-electron chi connectivity index (χ4n) is 1.96. The number of nitrogen functional groups attached to an aromatic ring is 1. The van der Waals surface area contributed by atoms with E-state index in [-0.39, 0.29) is 5.82 Å². The Kier molecular flexibility index (Phi) is 2.72. The van der Waals surface area contributed by atoms with Crippen LogP contribution >= 0.6 is 0 Å². The predicted molar refractivity (Wildman–Crippen MR) is 71.2 cm³/mol. The lowest BCUT2D eigenvalue weighted by atomic mass is 10.2. The van der Waals surface area contributed by atoms with Gasteiger partial charge >= 0.3 is 0 Å². The monoisotopic (exact) mass is 254 g/mol. The first-order valence-electron chi connectivity index (χ1n) is 5.75. The SMILES string of the molecule is Nc1ncccc1-c1cncn1-c1cccc(F)c1. The van der Waals surface area contributed by atoms with Gasteiger partial charge in [0.1, 0.15) is 11.6 Å². The molecule has 3 aromatic rings. The fraction of sp³-hybridized carbons (Fsp3) is 0. The number of aromatic nitrogens is 3. The van der Waals surface area contributed by atoms with E-state index in [9.17, 15) is 4.39 Å². The van der Waals surface area contributed by atoms with Gasteiger partial charge in [-0.05, 0) is 30.3 Å². The third kappa shape index (κ3) is 2.06. The van der Waals surface area contributed by atoms with Gasteiger partial charge in [-0.1, -0.05) is 6.07 Å². The van der Waals surface area contributed by atoms with Crippen LogP contribution in [0.2, 0.25) is 0 Å². The number of nitrogens with two attached hydrogens (primary N) is 1. The lowest BCUT2D eigenvalue weighted by molar-refractivity contribution is 0.626. The fourth-order valence-corrected chi connectivity index (χ4v) is 1.96. The summed E-state index contributed by atoms with van der Waals surface area (Å²) in [5, 5.41) is 0. The molecule has 0 aliphatic carbocycles. The number of pyridine rings is 1. The van der Waals surface area contributed by atoms with E-state index in [1.54, 1.807) is 41.5 Å². The number of halogens is 1. The summed E-state index contributed by atoms with van der Waals surface area (Å²) >= 11 is 0. The van der Waals surface area contributed by atoms with Crippen LogP contribution in [-0.2, 0) is 0 Å². The smallest absolute Gasteiger partial charge is 0.132 e. The topological polar surface area (TPSA) is 56.7 Å². The Morgan fingerprint density at radius 2 is 2.05 bits per heavy atom. The number of benzene rings is 1. The van der Waals surface area contributed by atoms with Crippen molar-refractivity contribution in [3.8, 4) is 16.9 Å². The molecular formula is C14H11FN4. The molecule has 0 saturated carbocycles. The molecule has 0 spiro atoms. The van der Waals surface area contributed by atoms with Gasteiger partial charge in [0.25, 0.3) is 0 Å². The van der Waals surface area contributed by atoms with Crippen molar-refractivity contribution in [1.82, 2.24) is 14.5 Å². The van der Waals surface area contributed by atoms with Crippen LogP contribution in [0, 0.1) is 5.82 Å². The third-order valence-electron chi connectivity index (χ3n) is 2.84. The highest BCUT2D eigenvalue weighted by Crippen LogP contribution is 2.26. The number of hydrogen-bond donors (Lipinski definition) is 1. The molecule has 5 heteroatoms. The van der Waals surface area contributed by atoms with Crippen molar-refractivity contribution in [2.24, 2.45) is 0 Å². The number of rotatable bonds is 2. The zero-order valence-electron chi connectivity index (χ0n) is 9.99. The Labute approximate surface area is 109 Å². The van der Waals surface area contributed by atoms with Crippen LogP contribution in [0.5, 0.6) is 0 Å². The second kappa shape index (κ2) is 4.53. The molecule has 0 aliphatic heterocycles. The van der Waals surface area contributed by atoms with Gasteiger partial charge in [-0.2, -0.15) is 0 Å². The molecule has 94 valence electrons. The number of hydrogen-bond acceptors (Lipinski definition) is 3. The van der Waals surface area contributed by atoms with Gasteiger partial charge in [0.15, 0.2) is 0 Å². The molecule has 0 radical (unpaired) electrons. The third-order valence-corrected chi connectivity index (χ3v) is 2.84. The lowest BCUT2D eigenvalue weighted by Gasteiger charge is -2.09. The predicted octanol–water partition coefficient (Wildman–Crippen LogP) is 2.66. The standard InChI is InChI=1S/C14H11FN4/c15-10-3-1-4-11(7-10)19-9-17-8-13(19)12-5-2-6-18-14(12)16/h1-9H,(H2,16,18). The van der Waals surface area contributed by atoms with Crippen molar-refractivity contribution in [2.75, 3.05) is 5.73 Å². The molecule has 2 N–H and O–H groups in total. The van der Waals surface area contributed by atoms with Crippen molar-refractivity contribution in [3.05, 3.63) is 60.9 Å². The van der Waals surface area contributed by atoms with E-state index < -0.39 is 0 Å². The summed E-state index contributed by atoms with van der Waals surface area (Å²) in [6.07, 6.45) is 4.93. The molecule has 0 unspecified atom stereocenters. The van der Waals surface area contributed by atoms with Gasteiger partial charge in [0.2, 0.25) is 0 Å². The summed E-state index contributed by atoms with van der Waals surface area (Å²) in [5.41, 5.74) is 8.09. The molecule has 3 rings (SSSR count). The van der Waals surface area contributed by atoms with Gasteiger partial charge in [-0.25, -0.2) is 14.4 Å². The molecule has 0 atom stereocenters. The summed E-state index contributed by atoms with van der Waals surface area (Å²) < 4.78 is 15.1. The van der Waals surface area contributed by atoms with Crippen LogP contribution in [0.25, 0.3) is 16.9 Å². The highest BCUT2D eigenvalue weighted by atomic mass is 19.1. The first-order chi connectivity index (χ1) is 9.25. The van der Waals surface area contributed by atoms with E-state index in [1.165, 1.54) is 12.1 Å². The minimum absolute atomic E-state index is 0.295. The molecule has 0 saturated heterocycles. The molecule has 0 amide bonds. The van der Waals surface area contributed by atoms with E-state index in [2.05, 4.69) is 9.97 Å². The molecular weight excluding hydrogens is 243 g/mol. The first kappa shape index (κ1) is 11.4. The largest absolute Gasteiger partial charge is 0.383 e. The van der Waals surface area contributed by atoms with Gasteiger partial charge in [0.05, 0.1) is 23.9 Å². The van der Waals surface area contributed by atoms with Crippen molar-refractivity contribution in [3.63, 3.8) is 0 Å². The quantitative estimate of drug-likeness (QED) is 0.764. The van der Waals surface area contributed by atoms with Crippen molar-refractivity contribution in [1.29, 1.82) is 0 Å². The minimum atomic E-state index is -0.295. The lowest BCUT2D eigenvalue weighted by Crippen LogP contribution is -1.99.